The molecular formula is C19H20F2N6O3. The Balaban J connectivity index is 1.92. The zero-order chi connectivity index (χ0) is 21.9. The fraction of sp³-hybridized carbons (Fsp3) is 0.316. The monoisotopic (exact) mass is 418 g/mol. The number of ether oxygens (including phenoxy) is 1. The number of pyridine rings is 1. The number of halogens is 2. The number of rotatable bonds is 7. The Morgan fingerprint density at radius 2 is 1.93 bits per heavy atom. The second-order valence-corrected chi connectivity index (χ2v) is 6.65. The number of alkyl halides is 2. The fourth-order valence-electron chi connectivity index (χ4n) is 2.48. The molecule has 0 aromatic carbocycles. The van der Waals surface area contributed by atoms with Gasteiger partial charge in [0.1, 0.15) is 17.9 Å². The van der Waals surface area contributed by atoms with Crippen LogP contribution < -0.4 is 15.4 Å². The number of nitrogens with zero attached hydrogens (tertiary/aromatic N) is 4. The molecule has 0 aliphatic rings. The van der Waals surface area contributed by atoms with Crippen LogP contribution >= 0.6 is 0 Å². The van der Waals surface area contributed by atoms with Crippen molar-refractivity contribution < 1.29 is 22.7 Å². The average Bonchev–Trinajstić information content (AvgIpc) is 3.04. The molecule has 0 aliphatic heterocycles. The van der Waals surface area contributed by atoms with Crippen LogP contribution in [-0.4, -0.2) is 25.8 Å². The van der Waals surface area contributed by atoms with E-state index in [1.54, 1.807) is 13.8 Å². The van der Waals surface area contributed by atoms with Crippen molar-refractivity contribution in [1.82, 2.24) is 19.9 Å². The summed E-state index contributed by atoms with van der Waals surface area (Å²) in [5.41, 5.74) is 1.41. The Hall–Kier alpha value is -3.63. The van der Waals surface area contributed by atoms with Gasteiger partial charge in [-0.25, -0.2) is 19.9 Å². The van der Waals surface area contributed by atoms with Crippen molar-refractivity contribution in [3.05, 3.63) is 47.7 Å². The number of nitrogens with one attached hydrogen (secondary N) is 2. The molecule has 0 unspecified atom stereocenters. The molecular weight excluding hydrogens is 398 g/mol. The Kier molecular flexibility index (Phi) is 5.90. The van der Waals surface area contributed by atoms with E-state index in [1.165, 1.54) is 31.5 Å². The minimum Gasteiger partial charge on any atom is -0.480 e. The largest absolute Gasteiger partial charge is 0.480 e. The Labute approximate surface area is 170 Å². The van der Waals surface area contributed by atoms with Crippen molar-refractivity contribution in [3.8, 4) is 5.75 Å². The van der Waals surface area contributed by atoms with Crippen LogP contribution in [0, 0.1) is 13.8 Å². The predicted octanol–water partition coefficient (Wildman–Crippen LogP) is 3.87. The maximum absolute atomic E-state index is 13.7. The van der Waals surface area contributed by atoms with E-state index in [2.05, 4.69) is 30.6 Å². The van der Waals surface area contributed by atoms with Crippen LogP contribution in [0.2, 0.25) is 0 Å². The van der Waals surface area contributed by atoms with Gasteiger partial charge in [-0.05, 0) is 13.8 Å². The molecule has 0 bridgehead atoms. The highest BCUT2D eigenvalue weighted by Crippen LogP contribution is 2.31. The Morgan fingerprint density at radius 1 is 1.17 bits per heavy atom. The topological polar surface area (TPSA) is 115 Å². The number of amides is 1. The van der Waals surface area contributed by atoms with E-state index in [0.717, 1.165) is 6.92 Å². The lowest BCUT2D eigenvalue weighted by molar-refractivity contribution is -0.114. The molecule has 0 fully saturated rings. The van der Waals surface area contributed by atoms with Gasteiger partial charge in [0.05, 0.1) is 17.6 Å². The summed E-state index contributed by atoms with van der Waals surface area (Å²) in [6.07, 6.45) is 2.87. The van der Waals surface area contributed by atoms with Crippen molar-refractivity contribution in [2.45, 2.75) is 40.2 Å². The van der Waals surface area contributed by atoms with Crippen LogP contribution in [0.3, 0.4) is 0 Å². The molecule has 1 amide bonds. The lowest BCUT2D eigenvalue weighted by Gasteiger charge is -2.15. The lowest BCUT2D eigenvalue weighted by atomic mass is 10.3. The number of aromatic nitrogens is 4. The van der Waals surface area contributed by atoms with Gasteiger partial charge in [-0.1, -0.05) is 0 Å². The zero-order valence-corrected chi connectivity index (χ0v) is 16.8. The number of carbonyl (C=O) groups is 1. The first-order valence-electron chi connectivity index (χ1n) is 8.92. The van der Waals surface area contributed by atoms with Crippen molar-refractivity contribution in [1.29, 1.82) is 0 Å². The molecule has 0 saturated carbocycles. The third-order valence-corrected chi connectivity index (χ3v) is 3.70. The third-order valence-electron chi connectivity index (χ3n) is 3.70. The van der Waals surface area contributed by atoms with E-state index in [9.17, 15) is 13.6 Å². The first kappa shape index (κ1) is 21.1. The van der Waals surface area contributed by atoms with Crippen LogP contribution in [0.4, 0.5) is 26.1 Å². The van der Waals surface area contributed by atoms with E-state index in [1.807, 2.05) is 0 Å². The summed E-state index contributed by atoms with van der Waals surface area (Å²) in [6, 6.07) is 3.01. The molecule has 0 atom stereocenters. The van der Waals surface area contributed by atoms with E-state index in [4.69, 9.17) is 9.15 Å². The zero-order valence-electron chi connectivity index (χ0n) is 16.8. The van der Waals surface area contributed by atoms with E-state index in [0.29, 0.717) is 23.0 Å². The summed E-state index contributed by atoms with van der Waals surface area (Å²) in [5.74, 6) is -3.12. The molecule has 0 radical (unpaired) electrons. The van der Waals surface area contributed by atoms with Crippen LogP contribution in [-0.2, 0) is 17.3 Å². The number of hydrogen-bond acceptors (Lipinski definition) is 8. The van der Waals surface area contributed by atoms with Crippen LogP contribution in [0.15, 0.2) is 29.0 Å². The highest BCUT2D eigenvalue weighted by atomic mass is 19.3. The number of aryl methyl sites for hydroxylation is 2. The normalized spacial score (nSPS) is 11.3. The molecule has 30 heavy (non-hydrogen) atoms. The highest BCUT2D eigenvalue weighted by Gasteiger charge is 2.29. The fourth-order valence-corrected chi connectivity index (χ4v) is 2.48. The molecule has 158 valence electrons. The maximum atomic E-state index is 13.7. The summed E-state index contributed by atoms with van der Waals surface area (Å²) in [6.45, 7) is 5.44. The van der Waals surface area contributed by atoms with Gasteiger partial charge in [0, 0.05) is 31.7 Å². The lowest BCUT2D eigenvalue weighted by Crippen LogP contribution is -2.14. The van der Waals surface area contributed by atoms with E-state index >= 15 is 0 Å². The summed E-state index contributed by atoms with van der Waals surface area (Å²) in [7, 11) is 0. The van der Waals surface area contributed by atoms with Gasteiger partial charge >= 0.3 is 5.92 Å². The molecule has 3 aromatic rings. The Morgan fingerprint density at radius 3 is 2.57 bits per heavy atom. The van der Waals surface area contributed by atoms with Crippen LogP contribution in [0.25, 0.3) is 0 Å². The number of carbonyl (C=O) groups excluding carboxylic acids is 1. The molecule has 0 spiro atoms. The molecule has 0 aliphatic carbocycles. The smallest absolute Gasteiger partial charge is 0.303 e. The quantitative estimate of drug-likeness (QED) is 0.594. The first-order chi connectivity index (χ1) is 14.1. The second kappa shape index (κ2) is 8.39. The number of anilines is 3. The SMILES string of the molecule is CC(=O)Nc1cc(Nc2cc(C)nc(C(C)(F)F)n2)c(OCc2nc(C)co2)cn1. The molecule has 11 heteroatoms. The number of oxazole rings is 1. The van der Waals surface area contributed by atoms with Gasteiger partial charge in [-0.15, -0.1) is 0 Å². The van der Waals surface area contributed by atoms with E-state index in [-0.39, 0.29) is 29.9 Å². The summed E-state index contributed by atoms with van der Waals surface area (Å²) < 4.78 is 38.4. The molecule has 3 aromatic heterocycles. The standard InChI is InChI=1S/C19H20F2N6O3/c1-10-5-16(27-18(24-10)19(4,20)21)26-13-6-15(25-12(3)28)22-7-14(13)29-9-17-23-11(2)8-30-17/h5-8H,9H2,1-4H3,(H2,22,24,25,26,27,28). The number of hydrogen-bond donors (Lipinski definition) is 2. The van der Waals surface area contributed by atoms with Crippen LogP contribution in [0.1, 0.15) is 37.0 Å². The Bertz CT molecular complexity index is 1060. The van der Waals surface area contributed by atoms with Crippen LogP contribution in [0.5, 0.6) is 5.75 Å². The molecule has 3 heterocycles. The molecule has 2 N–H and O–H groups in total. The van der Waals surface area contributed by atoms with Crippen molar-refractivity contribution in [3.63, 3.8) is 0 Å². The summed E-state index contributed by atoms with van der Waals surface area (Å²) >= 11 is 0. The van der Waals surface area contributed by atoms with Gasteiger partial charge in [-0.3, -0.25) is 4.79 Å². The van der Waals surface area contributed by atoms with Gasteiger partial charge in [-0.2, -0.15) is 8.78 Å². The predicted molar refractivity (Wildman–Crippen MR) is 104 cm³/mol. The average molecular weight is 418 g/mol. The van der Waals surface area contributed by atoms with Gasteiger partial charge < -0.3 is 19.8 Å². The maximum Gasteiger partial charge on any atom is 0.303 e. The summed E-state index contributed by atoms with van der Waals surface area (Å²) in [4.78, 5) is 27.3. The van der Waals surface area contributed by atoms with Gasteiger partial charge in [0.2, 0.25) is 17.6 Å². The molecule has 9 nitrogen and oxygen atoms in total. The second-order valence-electron chi connectivity index (χ2n) is 6.65. The molecule has 0 saturated heterocycles. The highest BCUT2D eigenvalue weighted by molar-refractivity contribution is 5.88. The van der Waals surface area contributed by atoms with Crippen molar-refractivity contribution in [2.75, 3.05) is 10.6 Å². The molecule has 3 rings (SSSR count). The summed E-state index contributed by atoms with van der Waals surface area (Å²) in [5, 5.41) is 5.48. The van der Waals surface area contributed by atoms with Crippen molar-refractivity contribution in [2.24, 2.45) is 0 Å². The first-order valence-corrected chi connectivity index (χ1v) is 8.92. The van der Waals surface area contributed by atoms with Gasteiger partial charge in [0.25, 0.3) is 0 Å². The van der Waals surface area contributed by atoms with Gasteiger partial charge in [0.15, 0.2) is 12.4 Å². The third kappa shape index (κ3) is 5.46. The minimum atomic E-state index is -3.20. The van der Waals surface area contributed by atoms with Crippen molar-refractivity contribution >= 4 is 23.2 Å². The minimum absolute atomic E-state index is 0.0186. The van der Waals surface area contributed by atoms with E-state index < -0.39 is 11.7 Å².